The Morgan fingerprint density at radius 1 is 1.20 bits per heavy atom. The van der Waals surface area contributed by atoms with Gasteiger partial charge in [0, 0.05) is 42.5 Å². The maximum atomic E-state index is 14.0. The summed E-state index contributed by atoms with van der Waals surface area (Å²) >= 11 is 0. The molecule has 4 aromatic heterocycles. The number of likely N-dealkylation sites (tertiary alicyclic amines) is 1. The number of aryl methyl sites for hydroxylation is 2. The number of nitrogens with zero attached hydrogens (tertiary/aromatic N) is 5. The molecule has 0 saturated carbocycles. The molecule has 2 N–H and O–H groups in total. The number of ether oxygens (including phenoxy) is 1. The summed E-state index contributed by atoms with van der Waals surface area (Å²) in [7, 11) is 0. The van der Waals surface area contributed by atoms with Gasteiger partial charge in [-0.1, -0.05) is 5.16 Å². The lowest BCUT2D eigenvalue weighted by Crippen LogP contribution is -2.47. The maximum Gasteiger partial charge on any atom is 0.419 e. The lowest BCUT2D eigenvalue weighted by molar-refractivity contribution is -0.137. The number of amides is 1. The smallest absolute Gasteiger partial charge is 0.419 e. The van der Waals surface area contributed by atoms with Gasteiger partial charge in [0.2, 0.25) is 5.95 Å². The van der Waals surface area contributed by atoms with Crippen molar-refractivity contribution in [2.45, 2.75) is 65.3 Å². The van der Waals surface area contributed by atoms with Crippen molar-refractivity contribution in [3.63, 3.8) is 0 Å². The fourth-order valence-electron chi connectivity index (χ4n) is 4.82. The van der Waals surface area contributed by atoms with Crippen LogP contribution in [0.15, 0.2) is 29.0 Å². The Morgan fingerprint density at radius 3 is 2.65 bits per heavy atom. The number of nitrogens with one attached hydrogen (secondary N) is 2. The van der Waals surface area contributed by atoms with Crippen LogP contribution in [0.3, 0.4) is 0 Å². The van der Waals surface area contributed by atoms with Crippen molar-refractivity contribution in [3.05, 3.63) is 41.5 Å². The zero-order chi connectivity index (χ0) is 28.8. The van der Waals surface area contributed by atoms with Crippen LogP contribution in [0, 0.1) is 13.8 Å². The van der Waals surface area contributed by atoms with E-state index in [2.05, 4.69) is 30.4 Å². The zero-order valence-electron chi connectivity index (χ0n) is 22.8. The molecule has 4 aromatic rings. The van der Waals surface area contributed by atoms with E-state index in [0.717, 1.165) is 11.8 Å². The first-order valence-corrected chi connectivity index (χ1v) is 12.9. The largest absolute Gasteiger partial charge is 0.444 e. The molecule has 1 amide bonds. The van der Waals surface area contributed by atoms with Gasteiger partial charge in [0.1, 0.15) is 22.6 Å². The molecule has 1 fully saturated rings. The Bertz CT molecular complexity index is 1540. The van der Waals surface area contributed by atoms with Crippen molar-refractivity contribution < 1.29 is 27.2 Å². The molecule has 1 aliphatic heterocycles. The van der Waals surface area contributed by atoms with E-state index in [0.29, 0.717) is 54.1 Å². The number of anilines is 1. The first-order chi connectivity index (χ1) is 18.8. The van der Waals surface area contributed by atoms with E-state index in [1.54, 1.807) is 51.7 Å². The topological polar surface area (TPSA) is 122 Å². The molecule has 0 unspecified atom stereocenters. The highest BCUT2D eigenvalue weighted by Gasteiger charge is 2.36. The number of pyridine rings is 1. The molecule has 0 aliphatic carbocycles. The number of rotatable bonds is 4. The molecule has 5 heterocycles. The number of halogens is 3. The van der Waals surface area contributed by atoms with Crippen LogP contribution in [0.2, 0.25) is 0 Å². The van der Waals surface area contributed by atoms with Crippen LogP contribution >= 0.6 is 0 Å². The van der Waals surface area contributed by atoms with E-state index in [9.17, 15) is 18.0 Å². The summed E-state index contributed by atoms with van der Waals surface area (Å²) in [4.78, 5) is 30.0. The number of aromatic nitrogens is 5. The summed E-state index contributed by atoms with van der Waals surface area (Å²) in [6.45, 7) is 9.79. The molecule has 1 aliphatic rings. The molecule has 212 valence electrons. The molecule has 1 atom stereocenters. The third-order valence-corrected chi connectivity index (χ3v) is 6.58. The number of hydrogen-bond donors (Lipinski definition) is 2. The standard InChI is InChI=1S/C27H30F3N7O3/c1-14-21(15(2)40-36-14)20-9-8-17-18(11-31-23(17)34-20)22-19(27(28,29)30)12-32-24(35-22)33-16-7-6-10-37(13-16)25(38)39-26(3,4)5/h8-9,11-12,16H,6-7,10,13H2,1-5H3,(H,31,34)(H,32,33,35)/t16-/m0/s1. The molecule has 13 heteroatoms. The van der Waals surface area contributed by atoms with Gasteiger partial charge in [-0.2, -0.15) is 13.2 Å². The summed E-state index contributed by atoms with van der Waals surface area (Å²) in [5.41, 5.74) is 0.745. The molecule has 10 nitrogen and oxygen atoms in total. The van der Waals surface area contributed by atoms with Gasteiger partial charge in [0.25, 0.3) is 0 Å². The lowest BCUT2D eigenvalue weighted by Gasteiger charge is -2.34. The molecular formula is C27H30F3N7O3. The van der Waals surface area contributed by atoms with Crippen LogP contribution in [0.1, 0.15) is 50.6 Å². The summed E-state index contributed by atoms with van der Waals surface area (Å²) in [5.74, 6) is 0.628. The molecule has 0 aromatic carbocycles. The second-order valence-electron chi connectivity index (χ2n) is 10.9. The van der Waals surface area contributed by atoms with Crippen LogP contribution < -0.4 is 5.32 Å². The van der Waals surface area contributed by atoms with Crippen LogP contribution in [-0.4, -0.2) is 60.8 Å². The van der Waals surface area contributed by atoms with Crippen molar-refractivity contribution in [3.8, 4) is 22.5 Å². The first-order valence-electron chi connectivity index (χ1n) is 12.9. The van der Waals surface area contributed by atoms with Crippen LogP contribution in [0.25, 0.3) is 33.5 Å². The Balaban J connectivity index is 1.46. The van der Waals surface area contributed by atoms with Gasteiger partial charge in [0.05, 0.1) is 22.6 Å². The predicted molar refractivity (Wildman–Crippen MR) is 142 cm³/mol. The van der Waals surface area contributed by atoms with Crippen LogP contribution in [0.5, 0.6) is 0 Å². The van der Waals surface area contributed by atoms with Crippen molar-refractivity contribution in [2.24, 2.45) is 0 Å². The van der Waals surface area contributed by atoms with Gasteiger partial charge in [-0.05, 0) is 59.6 Å². The SMILES string of the molecule is Cc1noc(C)c1-c1ccc2c(-c3nc(N[C@H]4CCCN(C(=O)OC(C)(C)C)C4)ncc3C(F)(F)F)c[nH]c2n1. The fourth-order valence-corrected chi connectivity index (χ4v) is 4.82. The predicted octanol–water partition coefficient (Wildman–Crippen LogP) is 6.12. The van der Waals surface area contributed by atoms with E-state index in [1.807, 2.05) is 0 Å². The highest BCUT2D eigenvalue weighted by Crippen LogP contribution is 2.39. The number of fused-ring (bicyclic) bond motifs is 1. The van der Waals surface area contributed by atoms with Crippen molar-refractivity contribution in [1.82, 2.24) is 30.0 Å². The number of piperidine rings is 1. The number of carbonyl (C=O) groups is 1. The summed E-state index contributed by atoms with van der Waals surface area (Å²) < 4.78 is 52.8. The van der Waals surface area contributed by atoms with Gasteiger partial charge in [-0.15, -0.1) is 0 Å². The Labute approximate surface area is 228 Å². The maximum absolute atomic E-state index is 14.0. The average Bonchev–Trinajstić information content (AvgIpc) is 3.44. The highest BCUT2D eigenvalue weighted by atomic mass is 19.4. The summed E-state index contributed by atoms with van der Waals surface area (Å²) in [5, 5.41) is 7.54. The molecular weight excluding hydrogens is 527 g/mol. The van der Waals surface area contributed by atoms with E-state index in [1.165, 1.54) is 6.20 Å². The van der Waals surface area contributed by atoms with E-state index in [4.69, 9.17) is 9.26 Å². The quantitative estimate of drug-likeness (QED) is 0.308. The minimum Gasteiger partial charge on any atom is -0.444 e. The van der Waals surface area contributed by atoms with E-state index in [-0.39, 0.29) is 23.2 Å². The van der Waals surface area contributed by atoms with Crippen LogP contribution in [-0.2, 0) is 10.9 Å². The van der Waals surface area contributed by atoms with E-state index >= 15 is 0 Å². The minimum absolute atomic E-state index is 0.0358. The number of hydrogen-bond acceptors (Lipinski definition) is 8. The Morgan fingerprint density at radius 2 is 1.98 bits per heavy atom. The summed E-state index contributed by atoms with van der Waals surface area (Å²) in [6.07, 6.45) is -1.48. The van der Waals surface area contributed by atoms with Crippen LogP contribution in [0.4, 0.5) is 23.9 Å². The first kappa shape index (κ1) is 27.4. The van der Waals surface area contributed by atoms with Gasteiger partial charge in [-0.25, -0.2) is 19.7 Å². The van der Waals surface area contributed by atoms with Gasteiger partial charge in [0.15, 0.2) is 0 Å². The molecule has 40 heavy (non-hydrogen) atoms. The lowest BCUT2D eigenvalue weighted by atomic mass is 10.0. The van der Waals surface area contributed by atoms with Crippen molar-refractivity contribution in [2.75, 3.05) is 18.4 Å². The van der Waals surface area contributed by atoms with Crippen molar-refractivity contribution in [1.29, 1.82) is 0 Å². The average molecular weight is 558 g/mol. The highest BCUT2D eigenvalue weighted by molar-refractivity contribution is 5.94. The second-order valence-corrected chi connectivity index (χ2v) is 10.9. The minimum atomic E-state index is -4.68. The number of alkyl halides is 3. The summed E-state index contributed by atoms with van der Waals surface area (Å²) in [6, 6.07) is 3.16. The molecule has 0 spiro atoms. The Hall–Kier alpha value is -4.16. The molecule has 5 rings (SSSR count). The normalized spacial score (nSPS) is 16.4. The van der Waals surface area contributed by atoms with Crippen molar-refractivity contribution >= 4 is 23.1 Å². The van der Waals surface area contributed by atoms with Gasteiger partial charge >= 0.3 is 12.3 Å². The third kappa shape index (κ3) is 5.58. The molecule has 1 saturated heterocycles. The van der Waals surface area contributed by atoms with E-state index < -0.39 is 23.4 Å². The fraction of sp³-hybridized carbons (Fsp3) is 0.444. The zero-order valence-corrected chi connectivity index (χ0v) is 22.8. The number of aromatic amines is 1. The third-order valence-electron chi connectivity index (χ3n) is 6.58. The molecule has 0 radical (unpaired) electrons. The molecule has 0 bridgehead atoms. The number of carbonyl (C=O) groups excluding carboxylic acids is 1. The van der Waals surface area contributed by atoms with Gasteiger partial charge < -0.3 is 24.5 Å². The Kier molecular flexibility index (Phi) is 6.92. The van der Waals surface area contributed by atoms with Gasteiger partial charge in [-0.3, -0.25) is 0 Å². The monoisotopic (exact) mass is 557 g/mol. The second kappa shape index (κ2) is 10.1. The number of H-pyrrole nitrogens is 1.